The fourth-order valence-electron chi connectivity index (χ4n) is 5.02. The number of imidazole rings is 1. The third-order valence-electron chi connectivity index (χ3n) is 6.71. The molecule has 0 fully saturated rings. The van der Waals surface area contributed by atoms with Crippen molar-refractivity contribution < 1.29 is 37.1 Å². The molecular formula is C31H29F3N4O5. The molecule has 3 heterocycles. The Labute approximate surface area is 244 Å². The van der Waals surface area contributed by atoms with E-state index < -0.39 is 40.3 Å². The van der Waals surface area contributed by atoms with Crippen molar-refractivity contribution in [2.45, 2.75) is 52.7 Å². The molecule has 0 bridgehead atoms. The van der Waals surface area contributed by atoms with Gasteiger partial charge in [0, 0.05) is 11.1 Å². The van der Waals surface area contributed by atoms with E-state index >= 15 is 8.78 Å². The van der Waals surface area contributed by atoms with Crippen LogP contribution in [0.2, 0.25) is 0 Å². The molecule has 0 spiro atoms. The minimum Gasteiger partial charge on any atom is -0.465 e. The maximum absolute atomic E-state index is 15.6. The third-order valence-corrected chi connectivity index (χ3v) is 6.71. The first kappa shape index (κ1) is 29.8. The van der Waals surface area contributed by atoms with Crippen LogP contribution in [0.5, 0.6) is 6.01 Å². The standard InChI is InChI=1S/C31H29F3N4O5/c1-7-41-28-36-27-20(31(40,24-12-11-19(32)15-35-24)26-21(33)9-8-10-22(26)34)13-18(25-16(2)37-43-17(25)3)14-23(27)38(28)29(39)42-30(4,5)6/h8-15,40H,7H2,1-6H3. The number of rotatable bonds is 6. The first-order valence-electron chi connectivity index (χ1n) is 13.4. The molecule has 0 saturated carbocycles. The van der Waals surface area contributed by atoms with Gasteiger partial charge in [0.15, 0.2) is 5.60 Å². The average Bonchev–Trinajstić information content (AvgIpc) is 3.45. The number of aryl methyl sites for hydroxylation is 2. The van der Waals surface area contributed by atoms with Gasteiger partial charge in [-0.3, -0.25) is 4.98 Å². The fourth-order valence-corrected chi connectivity index (χ4v) is 5.02. The highest BCUT2D eigenvalue weighted by atomic mass is 19.1. The summed E-state index contributed by atoms with van der Waals surface area (Å²) in [5, 5.41) is 16.6. The van der Waals surface area contributed by atoms with Crippen LogP contribution in [-0.4, -0.2) is 43.1 Å². The molecule has 1 unspecified atom stereocenters. The molecule has 0 saturated heterocycles. The van der Waals surface area contributed by atoms with Crippen molar-refractivity contribution in [2.24, 2.45) is 0 Å². The maximum Gasteiger partial charge on any atom is 0.423 e. The molecule has 5 rings (SSSR count). The molecule has 9 nitrogen and oxygen atoms in total. The highest BCUT2D eigenvalue weighted by molar-refractivity contribution is 5.95. The number of hydrogen-bond donors (Lipinski definition) is 1. The van der Waals surface area contributed by atoms with E-state index in [0.29, 0.717) is 22.6 Å². The van der Waals surface area contributed by atoms with Crippen LogP contribution in [0.25, 0.3) is 22.2 Å². The van der Waals surface area contributed by atoms with Crippen LogP contribution in [0.1, 0.15) is 56.0 Å². The van der Waals surface area contributed by atoms with Gasteiger partial charge in [0.05, 0.1) is 40.8 Å². The highest BCUT2D eigenvalue weighted by Gasteiger charge is 2.43. The second-order valence-electron chi connectivity index (χ2n) is 10.9. The van der Waals surface area contributed by atoms with Crippen LogP contribution >= 0.6 is 0 Å². The lowest BCUT2D eigenvalue weighted by atomic mass is 9.80. The number of ether oxygens (including phenoxy) is 2. The largest absolute Gasteiger partial charge is 0.465 e. The molecule has 0 radical (unpaired) electrons. The van der Waals surface area contributed by atoms with Gasteiger partial charge in [-0.15, -0.1) is 0 Å². The van der Waals surface area contributed by atoms with Gasteiger partial charge >= 0.3 is 12.1 Å². The molecule has 0 amide bonds. The normalized spacial score (nSPS) is 13.3. The Balaban J connectivity index is 1.98. The van der Waals surface area contributed by atoms with Crippen molar-refractivity contribution in [3.05, 3.63) is 94.4 Å². The average molecular weight is 595 g/mol. The summed E-state index contributed by atoms with van der Waals surface area (Å²) in [7, 11) is 0. The van der Waals surface area contributed by atoms with E-state index in [-0.39, 0.29) is 34.9 Å². The van der Waals surface area contributed by atoms with Crippen molar-refractivity contribution in [2.75, 3.05) is 6.61 Å². The number of nitrogens with zero attached hydrogens (tertiary/aromatic N) is 4. The van der Waals surface area contributed by atoms with Gasteiger partial charge in [-0.05, 0) is 83.5 Å². The van der Waals surface area contributed by atoms with Crippen molar-refractivity contribution in [3.8, 4) is 17.1 Å². The molecule has 0 aliphatic carbocycles. The van der Waals surface area contributed by atoms with E-state index in [1.165, 1.54) is 6.07 Å². The van der Waals surface area contributed by atoms with Gasteiger partial charge in [-0.1, -0.05) is 11.2 Å². The Kier molecular flexibility index (Phi) is 7.51. The number of fused-ring (bicyclic) bond motifs is 1. The van der Waals surface area contributed by atoms with Crippen LogP contribution in [0, 0.1) is 31.3 Å². The fraction of sp³-hybridized carbons (Fsp3) is 0.290. The number of halogens is 3. The minimum absolute atomic E-state index is 0.0545. The van der Waals surface area contributed by atoms with E-state index in [9.17, 15) is 14.3 Å². The first-order chi connectivity index (χ1) is 20.3. The van der Waals surface area contributed by atoms with Gasteiger partial charge in [0.1, 0.15) is 28.8 Å². The second kappa shape index (κ2) is 10.8. The zero-order chi connectivity index (χ0) is 31.3. The predicted molar refractivity (Wildman–Crippen MR) is 150 cm³/mol. The molecule has 1 atom stereocenters. The lowest BCUT2D eigenvalue weighted by Crippen LogP contribution is -2.33. The van der Waals surface area contributed by atoms with Crippen LogP contribution < -0.4 is 4.74 Å². The number of aliphatic hydroxyl groups is 1. The van der Waals surface area contributed by atoms with Gasteiger partial charge in [0.25, 0.3) is 0 Å². The summed E-state index contributed by atoms with van der Waals surface area (Å²) in [5.41, 5.74) is -3.49. The van der Waals surface area contributed by atoms with Gasteiger partial charge < -0.3 is 19.1 Å². The van der Waals surface area contributed by atoms with Crippen molar-refractivity contribution >= 4 is 17.1 Å². The Bertz CT molecular complexity index is 1800. The van der Waals surface area contributed by atoms with Crippen LogP contribution in [0.15, 0.2) is 53.2 Å². The van der Waals surface area contributed by atoms with E-state index in [1.807, 2.05) is 0 Å². The van der Waals surface area contributed by atoms with E-state index in [4.69, 9.17) is 14.0 Å². The van der Waals surface area contributed by atoms with Crippen molar-refractivity contribution in [3.63, 3.8) is 0 Å². The summed E-state index contributed by atoms with van der Waals surface area (Å²) >= 11 is 0. The molecule has 3 aromatic heterocycles. The lowest BCUT2D eigenvalue weighted by molar-refractivity contribution is 0.0527. The van der Waals surface area contributed by atoms with Crippen LogP contribution in [-0.2, 0) is 10.3 Å². The smallest absolute Gasteiger partial charge is 0.423 e. The topological polar surface area (TPSA) is 112 Å². The Morgan fingerprint density at radius 2 is 1.77 bits per heavy atom. The van der Waals surface area contributed by atoms with E-state index in [0.717, 1.165) is 41.1 Å². The molecule has 12 heteroatoms. The molecule has 2 aromatic carbocycles. The first-order valence-corrected chi connectivity index (χ1v) is 13.4. The highest BCUT2D eigenvalue weighted by Crippen LogP contribution is 2.44. The minimum atomic E-state index is -2.69. The zero-order valence-corrected chi connectivity index (χ0v) is 24.3. The van der Waals surface area contributed by atoms with E-state index in [1.54, 1.807) is 47.6 Å². The molecule has 224 valence electrons. The molecule has 1 N–H and O–H groups in total. The Morgan fingerprint density at radius 3 is 2.33 bits per heavy atom. The molecule has 43 heavy (non-hydrogen) atoms. The summed E-state index contributed by atoms with van der Waals surface area (Å²) in [6.07, 6.45) is -0.0277. The monoisotopic (exact) mass is 594 g/mol. The Morgan fingerprint density at radius 1 is 1.07 bits per heavy atom. The Hall–Kier alpha value is -4.71. The molecule has 0 aliphatic rings. The number of carbonyl (C=O) groups excluding carboxylic acids is 1. The summed E-state index contributed by atoms with van der Waals surface area (Å²) in [6, 6.07) is 8.07. The maximum atomic E-state index is 15.6. The number of hydrogen-bond acceptors (Lipinski definition) is 8. The molecule has 0 aliphatic heterocycles. The molecular weight excluding hydrogens is 565 g/mol. The number of pyridine rings is 1. The number of benzene rings is 2. The van der Waals surface area contributed by atoms with E-state index in [2.05, 4.69) is 15.1 Å². The van der Waals surface area contributed by atoms with Gasteiger partial charge in [-0.25, -0.2) is 18.0 Å². The number of aromatic nitrogens is 4. The third kappa shape index (κ3) is 5.22. The van der Waals surface area contributed by atoms with Crippen LogP contribution in [0.3, 0.4) is 0 Å². The van der Waals surface area contributed by atoms with Crippen LogP contribution in [0.4, 0.5) is 18.0 Å². The van der Waals surface area contributed by atoms with Crippen molar-refractivity contribution in [1.29, 1.82) is 0 Å². The molecule has 5 aromatic rings. The second-order valence-corrected chi connectivity index (χ2v) is 10.9. The SMILES string of the molecule is CCOc1nc2c(C(O)(c3ccc(F)cn3)c3c(F)cccc3F)cc(-c3c(C)noc3C)cc2n1C(=O)OC(C)(C)C. The summed E-state index contributed by atoms with van der Waals surface area (Å²) in [5.74, 6) is -2.53. The predicted octanol–water partition coefficient (Wildman–Crippen LogP) is 6.59. The van der Waals surface area contributed by atoms with Gasteiger partial charge in [-0.2, -0.15) is 9.55 Å². The summed E-state index contributed by atoms with van der Waals surface area (Å²) < 4.78 is 62.9. The summed E-state index contributed by atoms with van der Waals surface area (Å²) in [6.45, 7) is 10.2. The van der Waals surface area contributed by atoms with Gasteiger partial charge in [0.2, 0.25) is 0 Å². The zero-order valence-electron chi connectivity index (χ0n) is 24.3. The summed E-state index contributed by atoms with van der Waals surface area (Å²) in [4.78, 5) is 22.1. The van der Waals surface area contributed by atoms with Crippen molar-refractivity contribution in [1.82, 2.24) is 19.7 Å². The number of carbonyl (C=O) groups is 1. The lowest BCUT2D eigenvalue weighted by Gasteiger charge is -2.30. The quantitative estimate of drug-likeness (QED) is 0.234.